The fourth-order valence-electron chi connectivity index (χ4n) is 2.92. The molecule has 3 aromatic rings. The Kier molecular flexibility index (Phi) is 5.22. The number of carbonyl (C=O) groups excluding carboxylic acids is 1. The Hall–Kier alpha value is -2.87. The first-order chi connectivity index (χ1) is 12.5. The second-order valence-electron chi connectivity index (χ2n) is 6.14. The van der Waals surface area contributed by atoms with Crippen molar-refractivity contribution >= 4 is 5.91 Å². The number of methoxy groups -OCH3 is 1. The van der Waals surface area contributed by atoms with E-state index in [4.69, 9.17) is 9.15 Å². The summed E-state index contributed by atoms with van der Waals surface area (Å²) < 4.78 is 12.3. The van der Waals surface area contributed by atoms with E-state index >= 15 is 0 Å². The van der Waals surface area contributed by atoms with Crippen molar-refractivity contribution in [2.75, 3.05) is 20.3 Å². The van der Waals surface area contributed by atoms with Gasteiger partial charge in [-0.3, -0.25) is 14.6 Å². The van der Waals surface area contributed by atoms with Gasteiger partial charge in [-0.25, -0.2) is 0 Å². The molecular weight excluding hydrogens is 334 g/mol. The van der Waals surface area contributed by atoms with E-state index in [1.54, 1.807) is 30.4 Å². The molecule has 1 amide bonds. The third-order valence-corrected chi connectivity index (χ3v) is 4.35. The van der Waals surface area contributed by atoms with Gasteiger partial charge in [0.1, 0.15) is 11.5 Å². The number of aromatic nitrogens is 4. The highest BCUT2D eigenvalue weighted by molar-refractivity contribution is 5.93. The summed E-state index contributed by atoms with van der Waals surface area (Å²) in [6.07, 6.45) is 1.59. The summed E-state index contributed by atoms with van der Waals surface area (Å²) in [5.41, 5.74) is 3.95. The minimum Gasteiger partial charge on any atom is -0.467 e. The minimum absolute atomic E-state index is 0.156. The Morgan fingerprint density at radius 1 is 1.42 bits per heavy atom. The normalized spacial score (nSPS) is 11.1. The van der Waals surface area contributed by atoms with Gasteiger partial charge in [-0.2, -0.15) is 10.2 Å². The molecule has 0 saturated carbocycles. The predicted molar refractivity (Wildman–Crippen MR) is 95.6 cm³/mol. The van der Waals surface area contributed by atoms with Crippen LogP contribution in [0.15, 0.2) is 28.9 Å². The Morgan fingerprint density at radius 2 is 2.23 bits per heavy atom. The highest BCUT2D eigenvalue weighted by Gasteiger charge is 2.21. The minimum atomic E-state index is -0.156. The van der Waals surface area contributed by atoms with Gasteiger partial charge in [-0.15, -0.1) is 0 Å². The molecule has 0 radical (unpaired) electrons. The molecule has 0 spiro atoms. The van der Waals surface area contributed by atoms with Crippen molar-refractivity contribution in [1.82, 2.24) is 24.9 Å². The van der Waals surface area contributed by atoms with Crippen LogP contribution >= 0.6 is 0 Å². The van der Waals surface area contributed by atoms with E-state index in [1.807, 2.05) is 31.6 Å². The summed E-state index contributed by atoms with van der Waals surface area (Å²) in [5, 5.41) is 11.6. The van der Waals surface area contributed by atoms with Crippen molar-refractivity contribution in [1.29, 1.82) is 0 Å². The Balaban J connectivity index is 1.84. The highest BCUT2D eigenvalue weighted by Crippen LogP contribution is 2.25. The molecule has 8 nitrogen and oxygen atoms in total. The van der Waals surface area contributed by atoms with Gasteiger partial charge in [0, 0.05) is 32.0 Å². The van der Waals surface area contributed by atoms with Crippen LogP contribution in [0.4, 0.5) is 0 Å². The fraction of sp³-hybridized carbons (Fsp3) is 0.389. The molecule has 138 valence electrons. The fourth-order valence-corrected chi connectivity index (χ4v) is 2.92. The maximum absolute atomic E-state index is 12.9. The number of carbonyl (C=O) groups is 1. The molecule has 0 aliphatic rings. The lowest BCUT2D eigenvalue weighted by molar-refractivity contribution is 0.0660. The summed E-state index contributed by atoms with van der Waals surface area (Å²) in [5.74, 6) is 0.560. The van der Waals surface area contributed by atoms with Gasteiger partial charge in [-0.05, 0) is 32.0 Å². The third kappa shape index (κ3) is 3.55. The summed E-state index contributed by atoms with van der Waals surface area (Å²) in [7, 11) is 3.50. The molecule has 3 heterocycles. The SMILES string of the molecule is COCCN(Cc1ccco1)C(=O)c1cc(-c2c(C)nn(C)c2C)n[nH]1. The van der Waals surface area contributed by atoms with E-state index in [0.29, 0.717) is 36.8 Å². The van der Waals surface area contributed by atoms with E-state index in [1.165, 1.54) is 0 Å². The van der Waals surface area contributed by atoms with Crippen molar-refractivity contribution in [2.45, 2.75) is 20.4 Å². The quantitative estimate of drug-likeness (QED) is 0.701. The van der Waals surface area contributed by atoms with Crippen LogP contribution in [-0.2, 0) is 18.3 Å². The van der Waals surface area contributed by atoms with Crippen molar-refractivity contribution < 1.29 is 13.9 Å². The predicted octanol–water partition coefficient (Wildman–Crippen LogP) is 2.31. The van der Waals surface area contributed by atoms with Crippen LogP contribution in [0.5, 0.6) is 0 Å². The van der Waals surface area contributed by atoms with E-state index in [-0.39, 0.29) is 5.91 Å². The van der Waals surface area contributed by atoms with E-state index < -0.39 is 0 Å². The number of nitrogens with one attached hydrogen (secondary N) is 1. The third-order valence-electron chi connectivity index (χ3n) is 4.35. The summed E-state index contributed by atoms with van der Waals surface area (Å²) in [4.78, 5) is 14.6. The molecule has 0 aliphatic heterocycles. The zero-order valence-corrected chi connectivity index (χ0v) is 15.4. The number of aromatic amines is 1. The molecule has 0 unspecified atom stereocenters. The van der Waals surface area contributed by atoms with E-state index in [0.717, 1.165) is 17.0 Å². The van der Waals surface area contributed by atoms with Crippen LogP contribution in [0.25, 0.3) is 11.3 Å². The number of furan rings is 1. The number of aryl methyl sites for hydroxylation is 2. The van der Waals surface area contributed by atoms with Crippen LogP contribution in [-0.4, -0.2) is 51.0 Å². The molecule has 8 heteroatoms. The summed E-state index contributed by atoms with van der Waals surface area (Å²) in [6, 6.07) is 5.41. The van der Waals surface area contributed by atoms with Crippen molar-refractivity contribution in [3.63, 3.8) is 0 Å². The second-order valence-corrected chi connectivity index (χ2v) is 6.14. The van der Waals surface area contributed by atoms with Gasteiger partial charge in [0.2, 0.25) is 0 Å². The molecule has 3 aromatic heterocycles. The average Bonchev–Trinajstić information content (AvgIpc) is 3.33. The lowest BCUT2D eigenvalue weighted by atomic mass is 10.1. The van der Waals surface area contributed by atoms with Crippen molar-refractivity contribution in [3.05, 3.63) is 47.3 Å². The molecular formula is C18H23N5O3. The maximum atomic E-state index is 12.9. The first-order valence-electron chi connectivity index (χ1n) is 8.37. The Labute approximate surface area is 151 Å². The lowest BCUT2D eigenvalue weighted by Crippen LogP contribution is -2.33. The molecule has 0 saturated heterocycles. The Morgan fingerprint density at radius 3 is 2.85 bits per heavy atom. The number of nitrogens with zero attached hydrogens (tertiary/aromatic N) is 4. The van der Waals surface area contributed by atoms with Gasteiger partial charge in [-0.1, -0.05) is 0 Å². The van der Waals surface area contributed by atoms with Crippen LogP contribution in [0.3, 0.4) is 0 Å². The van der Waals surface area contributed by atoms with Crippen LogP contribution in [0.1, 0.15) is 27.6 Å². The van der Waals surface area contributed by atoms with Crippen LogP contribution in [0.2, 0.25) is 0 Å². The highest BCUT2D eigenvalue weighted by atomic mass is 16.5. The number of hydrogen-bond acceptors (Lipinski definition) is 5. The monoisotopic (exact) mass is 357 g/mol. The van der Waals surface area contributed by atoms with Gasteiger partial charge in [0.25, 0.3) is 5.91 Å². The smallest absolute Gasteiger partial charge is 0.272 e. The molecule has 26 heavy (non-hydrogen) atoms. The second kappa shape index (κ2) is 7.57. The molecule has 0 aliphatic carbocycles. The topological polar surface area (TPSA) is 89.2 Å². The molecule has 0 aromatic carbocycles. The average molecular weight is 357 g/mol. The number of hydrogen-bond donors (Lipinski definition) is 1. The molecule has 0 atom stereocenters. The molecule has 1 N–H and O–H groups in total. The van der Waals surface area contributed by atoms with Crippen LogP contribution < -0.4 is 0 Å². The lowest BCUT2D eigenvalue weighted by Gasteiger charge is -2.20. The zero-order valence-electron chi connectivity index (χ0n) is 15.4. The molecule has 0 bridgehead atoms. The maximum Gasteiger partial charge on any atom is 0.272 e. The van der Waals surface area contributed by atoms with Gasteiger partial charge < -0.3 is 14.1 Å². The largest absolute Gasteiger partial charge is 0.467 e. The van der Waals surface area contributed by atoms with E-state index in [9.17, 15) is 4.79 Å². The Bertz CT molecular complexity index is 879. The number of ether oxygens (including phenoxy) is 1. The first kappa shape index (κ1) is 17.9. The van der Waals surface area contributed by atoms with Crippen molar-refractivity contribution in [3.8, 4) is 11.3 Å². The number of amides is 1. The van der Waals surface area contributed by atoms with Crippen molar-refractivity contribution in [2.24, 2.45) is 7.05 Å². The van der Waals surface area contributed by atoms with Gasteiger partial charge in [0.05, 0.1) is 30.8 Å². The number of H-pyrrole nitrogens is 1. The standard InChI is InChI=1S/C18H23N5O3/c1-12-17(13(2)22(3)21-12)15-10-16(20-19-15)18(24)23(7-9-25-4)11-14-6-5-8-26-14/h5-6,8,10H,7,9,11H2,1-4H3,(H,19,20). The van der Waals surface area contributed by atoms with Gasteiger partial charge >= 0.3 is 0 Å². The van der Waals surface area contributed by atoms with Gasteiger partial charge in [0.15, 0.2) is 0 Å². The molecule has 0 fully saturated rings. The zero-order chi connectivity index (χ0) is 18.7. The molecule has 3 rings (SSSR count). The number of rotatable bonds is 7. The summed E-state index contributed by atoms with van der Waals surface area (Å²) >= 11 is 0. The van der Waals surface area contributed by atoms with Crippen LogP contribution in [0, 0.1) is 13.8 Å². The summed E-state index contributed by atoms with van der Waals surface area (Å²) in [6.45, 7) is 5.17. The van der Waals surface area contributed by atoms with E-state index in [2.05, 4.69) is 15.3 Å². The first-order valence-corrected chi connectivity index (χ1v) is 8.37.